The number of pyridine rings is 1. The van der Waals surface area contributed by atoms with Gasteiger partial charge in [0.05, 0.1) is 11.1 Å². The first kappa shape index (κ1) is 14.6. The molecule has 3 nitrogen and oxygen atoms in total. The van der Waals surface area contributed by atoms with Gasteiger partial charge in [0, 0.05) is 20.3 Å². The molecule has 3 aromatic rings. The van der Waals surface area contributed by atoms with E-state index in [1.54, 1.807) is 0 Å². The zero-order valence-corrected chi connectivity index (χ0v) is 14.6. The van der Waals surface area contributed by atoms with E-state index in [-0.39, 0.29) is 5.91 Å². The Labute approximate surface area is 148 Å². The van der Waals surface area contributed by atoms with Gasteiger partial charge in [-0.15, -0.1) is 0 Å². The summed E-state index contributed by atoms with van der Waals surface area (Å²) in [7, 11) is 0. The number of halogens is 1. The maximum atomic E-state index is 13.0. The highest BCUT2D eigenvalue weighted by atomic mass is 127. The van der Waals surface area contributed by atoms with Crippen LogP contribution in [-0.4, -0.2) is 10.9 Å². The number of rotatable bonds is 2. The number of carbonyl (C=O) groups excluding carboxylic acids is 1. The molecule has 1 aliphatic carbocycles. The number of nitrogens with zero attached hydrogens (tertiary/aromatic N) is 1. The van der Waals surface area contributed by atoms with Crippen LogP contribution in [0.2, 0.25) is 0 Å². The van der Waals surface area contributed by atoms with Crippen molar-refractivity contribution in [1.82, 2.24) is 4.98 Å². The molecule has 0 bridgehead atoms. The van der Waals surface area contributed by atoms with Crippen molar-refractivity contribution < 1.29 is 4.79 Å². The van der Waals surface area contributed by atoms with Crippen LogP contribution in [0.1, 0.15) is 28.0 Å². The first-order valence-corrected chi connectivity index (χ1v) is 8.77. The molecule has 4 heteroatoms. The lowest BCUT2D eigenvalue weighted by Gasteiger charge is -2.13. The minimum absolute atomic E-state index is 0.0382. The van der Waals surface area contributed by atoms with E-state index in [0.29, 0.717) is 0 Å². The van der Waals surface area contributed by atoms with E-state index >= 15 is 0 Å². The lowest BCUT2D eigenvalue weighted by atomic mass is 10.0. The highest BCUT2D eigenvalue weighted by molar-refractivity contribution is 14.1. The van der Waals surface area contributed by atoms with Crippen molar-refractivity contribution in [2.75, 3.05) is 5.32 Å². The number of hydrogen-bond acceptors (Lipinski definition) is 2. The number of benzene rings is 2. The fraction of sp³-hybridized carbons (Fsp3) is 0.158. The van der Waals surface area contributed by atoms with Gasteiger partial charge in [-0.1, -0.05) is 24.3 Å². The smallest absolute Gasteiger partial charge is 0.256 e. The normalized spacial score (nSPS) is 13.1. The molecular weight excluding hydrogens is 399 g/mol. The number of nitrogens with one attached hydrogen (secondary N) is 1. The van der Waals surface area contributed by atoms with Crippen LogP contribution in [-0.2, 0) is 12.8 Å². The van der Waals surface area contributed by atoms with Crippen molar-refractivity contribution in [2.24, 2.45) is 0 Å². The molecule has 0 fully saturated rings. The highest BCUT2D eigenvalue weighted by Gasteiger charge is 2.23. The second-order valence-electron chi connectivity index (χ2n) is 5.75. The van der Waals surface area contributed by atoms with Gasteiger partial charge >= 0.3 is 0 Å². The molecule has 23 heavy (non-hydrogen) atoms. The molecule has 1 heterocycles. The van der Waals surface area contributed by atoms with E-state index in [2.05, 4.69) is 27.9 Å². The fourth-order valence-electron chi connectivity index (χ4n) is 3.23. The van der Waals surface area contributed by atoms with E-state index in [0.717, 1.165) is 56.2 Å². The summed E-state index contributed by atoms with van der Waals surface area (Å²) >= 11 is 2.25. The molecule has 0 aliphatic heterocycles. The molecule has 0 saturated heterocycles. The predicted octanol–water partition coefficient (Wildman–Crippen LogP) is 4.58. The Morgan fingerprint density at radius 1 is 1.09 bits per heavy atom. The average Bonchev–Trinajstić information content (AvgIpc) is 3.00. The Hall–Kier alpha value is -1.95. The number of aryl methyl sites for hydroxylation is 1. The second kappa shape index (κ2) is 5.92. The van der Waals surface area contributed by atoms with Gasteiger partial charge < -0.3 is 5.32 Å². The topological polar surface area (TPSA) is 42.0 Å². The Bertz CT molecular complexity index is 920. The number of fused-ring (bicyclic) bond motifs is 2. The van der Waals surface area contributed by atoms with E-state index in [1.165, 1.54) is 0 Å². The quantitative estimate of drug-likeness (QED) is 0.624. The van der Waals surface area contributed by atoms with E-state index in [1.807, 2.05) is 48.5 Å². The summed E-state index contributed by atoms with van der Waals surface area (Å²) in [6, 6.07) is 15.8. The van der Waals surface area contributed by atoms with Crippen molar-refractivity contribution in [1.29, 1.82) is 0 Å². The number of carbonyl (C=O) groups is 1. The third kappa shape index (κ3) is 2.72. The first-order chi connectivity index (χ1) is 11.2. The standard InChI is InChI=1S/C19H15IN2O/c20-12-5-3-6-13(11-12)21-19(23)18-14-7-1-2-9-16(14)22-17-10-4-8-15(17)18/h1-3,5-7,9,11H,4,8,10H2,(H,21,23). The van der Waals surface area contributed by atoms with Crippen LogP contribution in [0, 0.1) is 3.57 Å². The molecule has 1 amide bonds. The Kier molecular flexibility index (Phi) is 3.77. The largest absolute Gasteiger partial charge is 0.322 e. The number of hydrogen-bond donors (Lipinski definition) is 1. The molecule has 1 aliphatic rings. The molecule has 1 aromatic heterocycles. The molecule has 114 valence electrons. The van der Waals surface area contributed by atoms with Gasteiger partial charge in [0.25, 0.3) is 5.91 Å². The van der Waals surface area contributed by atoms with E-state index in [4.69, 9.17) is 4.98 Å². The molecule has 0 saturated carbocycles. The van der Waals surface area contributed by atoms with Gasteiger partial charge in [0.2, 0.25) is 0 Å². The number of para-hydroxylation sites is 1. The van der Waals surface area contributed by atoms with Crippen LogP contribution in [0.4, 0.5) is 5.69 Å². The van der Waals surface area contributed by atoms with Crippen LogP contribution < -0.4 is 5.32 Å². The predicted molar refractivity (Wildman–Crippen MR) is 101 cm³/mol. The van der Waals surface area contributed by atoms with E-state index < -0.39 is 0 Å². The monoisotopic (exact) mass is 414 g/mol. The maximum Gasteiger partial charge on any atom is 0.256 e. The fourth-order valence-corrected chi connectivity index (χ4v) is 3.77. The van der Waals surface area contributed by atoms with Crippen molar-refractivity contribution in [3.63, 3.8) is 0 Å². The number of anilines is 1. The number of aromatic nitrogens is 1. The molecule has 1 N–H and O–H groups in total. The van der Waals surface area contributed by atoms with Crippen LogP contribution in [0.3, 0.4) is 0 Å². The summed E-state index contributed by atoms with van der Waals surface area (Å²) in [5.74, 6) is -0.0382. The van der Waals surface area contributed by atoms with Gasteiger partial charge in [-0.25, -0.2) is 0 Å². The summed E-state index contributed by atoms with van der Waals surface area (Å²) in [5.41, 5.74) is 4.72. The second-order valence-corrected chi connectivity index (χ2v) is 6.99. The van der Waals surface area contributed by atoms with E-state index in [9.17, 15) is 4.79 Å². The van der Waals surface area contributed by atoms with Crippen molar-refractivity contribution in [3.8, 4) is 0 Å². The Morgan fingerprint density at radius 2 is 1.96 bits per heavy atom. The molecule has 4 rings (SSSR count). The summed E-state index contributed by atoms with van der Waals surface area (Å²) in [6.07, 6.45) is 2.97. The van der Waals surface area contributed by atoms with Crippen LogP contribution in [0.5, 0.6) is 0 Å². The zero-order chi connectivity index (χ0) is 15.8. The minimum Gasteiger partial charge on any atom is -0.322 e. The summed E-state index contributed by atoms with van der Waals surface area (Å²) < 4.78 is 1.10. The summed E-state index contributed by atoms with van der Waals surface area (Å²) in [6.45, 7) is 0. The van der Waals surface area contributed by atoms with Gasteiger partial charge in [0.15, 0.2) is 0 Å². The minimum atomic E-state index is -0.0382. The zero-order valence-electron chi connectivity index (χ0n) is 12.5. The SMILES string of the molecule is O=C(Nc1cccc(I)c1)c1c2c(nc3ccccc13)CCC2. The molecule has 0 radical (unpaired) electrons. The lowest BCUT2D eigenvalue weighted by molar-refractivity contribution is 0.102. The first-order valence-electron chi connectivity index (χ1n) is 7.70. The molecule has 0 unspecified atom stereocenters. The third-order valence-electron chi connectivity index (χ3n) is 4.23. The maximum absolute atomic E-state index is 13.0. The Morgan fingerprint density at radius 3 is 2.83 bits per heavy atom. The van der Waals surface area contributed by atoms with Gasteiger partial charge in [-0.3, -0.25) is 9.78 Å². The van der Waals surface area contributed by atoms with Crippen molar-refractivity contribution in [2.45, 2.75) is 19.3 Å². The number of amides is 1. The Balaban J connectivity index is 1.83. The van der Waals surface area contributed by atoms with Gasteiger partial charge in [0.1, 0.15) is 0 Å². The average molecular weight is 414 g/mol. The molecular formula is C19H15IN2O. The van der Waals surface area contributed by atoms with Crippen LogP contribution in [0.15, 0.2) is 48.5 Å². The third-order valence-corrected chi connectivity index (χ3v) is 4.90. The lowest BCUT2D eigenvalue weighted by Crippen LogP contribution is -2.15. The van der Waals surface area contributed by atoms with Gasteiger partial charge in [-0.05, 0) is 71.7 Å². The molecule has 0 spiro atoms. The summed E-state index contributed by atoms with van der Waals surface area (Å²) in [4.78, 5) is 17.7. The van der Waals surface area contributed by atoms with Crippen LogP contribution in [0.25, 0.3) is 10.9 Å². The van der Waals surface area contributed by atoms with Gasteiger partial charge in [-0.2, -0.15) is 0 Å². The van der Waals surface area contributed by atoms with Crippen molar-refractivity contribution >= 4 is 45.1 Å². The molecule has 2 aromatic carbocycles. The highest BCUT2D eigenvalue weighted by Crippen LogP contribution is 2.30. The van der Waals surface area contributed by atoms with Crippen molar-refractivity contribution in [3.05, 3.63) is 68.9 Å². The molecule has 0 atom stereocenters. The summed E-state index contributed by atoms with van der Waals surface area (Å²) in [5, 5.41) is 3.99. The van der Waals surface area contributed by atoms with Crippen LogP contribution >= 0.6 is 22.6 Å².